The summed E-state index contributed by atoms with van der Waals surface area (Å²) in [5, 5.41) is 7.63. The van der Waals surface area contributed by atoms with Crippen molar-refractivity contribution in [1.82, 2.24) is 15.5 Å². The second kappa shape index (κ2) is 8.85. The molecule has 1 aromatic heterocycles. The molecular weight excluding hydrogens is 374 g/mol. The summed E-state index contributed by atoms with van der Waals surface area (Å²) < 4.78 is 5.43. The second-order valence-electron chi connectivity index (χ2n) is 6.89. The molecule has 6 heteroatoms. The number of benzene rings is 2. The fourth-order valence-electron chi connectivity index (χ4n) is 2.66. The van der Waals surface area contributed by atoms with Gasteiger partial charge in [-0.1, -0.05) is 73.1 Å². The average molecular weight is 396 g/mol. The average Bonchev–Trinajstić information content (AvgIpc) is 3.17. The van der Waals surface area contributed by atoms with Crippen LogP contribution in [0.2, 0.25) is 5.02 Å². The zero-order valence-corrected chi connectivity index (χ0v) is 16.8. The van der Waals surface area contributed by atoms with E-state index in [1.54, 1.807) is 12.1 Å². The molecule has 0 radical (unpaired) electrons. The van der Waals surface area contributed by atoms with E-state index in [0.717, 1.165) is 16.7 Å². The Hall–Kier alpha value is -2.92. The summed E-state index contributed by atoms with van der Waals surface area (Å²) in [6, 6.07) is 14.8. The highest BCUT2D eigenvalue weighted by Crippen LogP contribution is 2.26. The molecular formula is C22H22ClN3O2. The van der Waals surface area contributed by atoms with Gasteiger partial charge in [0.1, 0.15) is 6.04 Å². The molecule has 1 N–H and O–H groups in total. The van der Waals surface area contributed by atoms with Crippen molar-refractivity contribution in [3.05, 3.63) is 76.6 Å². The molecule has 3 aromatic rings. The first kappa shape index (κ1) is 19.8. The normalized spacial score (nSPS) is 12.5. The third kappa shape index (κ3) is 4.87. The summed E-state index contributed by atoms with van der Waals surface area (Å²) in [4.78, 5) is 16.8. The van der Waals surface area contributed by atoms with Crippen molar-refractivity contribution < 1.29 is 9.32 Å². The highest BCUT2D eigenvalue weighted by molar-refractivity contribution is 6.31. The molecule has 0 aliphatic heterocycles. The Morgan fingerprint density at radius 1 is 1.18 bits per heavy atom. The number of aryl methyl sites for hydroxylation is 1. The lowest BCUT2D eigenvalue weighted by Crippen LogP contribution is -2.30. The number of halogens is 1. The van der Waals surface area contributed by atoms with Crippen LogP contribution >= 0.6 is 11.6 Å². The fraction of sp³-hybridized carbons (Fsp3) is 0.227. The first-order valence-corrected chi connectivity index (χ1v) is 9.45. The Labute approximate surface area is 169 Å². The van der Waals surface area contributed by atoms with E-state index in [1.165, 1.54) is 6.08 Å². The lowest BCUT2D eigenvalue weighted by molar-refractivity contribution is -0.117. The van der Waals surface area contributed by atoms with Gasteiger partial charge in [0, 0.05) is 16.7 Å². The van der Waals surface area contributed by atoms with Gasteiger partial charge in [-0.3, -0.25) is 4.79 Å². The smallest absolute Gasteiger partial charge is 0.249 e. The van der Waals surface area contributed by atoms with E-state index in [2.05, 4.69) is 15.5 Å². The van der Waals surface area contributed by atoms with E-state index in [-0.39, 0.29) is 11.8 Å². The summed E-state index contributed by atoms with van der Waals surface area (Å²) in [7, 11) is 0. The van der Waals surface area contributed by atoms with Crippen molar-refractivity contribution in [2.75, 3.05) is 0 Å². The Balaban J connectivity index is 1.75. The SMILES string of the molecule is Cc1ccc(-c2noc([C@H](NC(=O)/C=C/c3ccccc3)C(C)C)n2)cc1Cl. The number of aromatic nitrogens is 2. The van der Waals surface area contributed by atoms with E-state index >= 15 is 0 Å². The van der Waals surface area contributed by atoms with Crippen LogP contribution in [0.4, 0.5) is 0 Å². The predicted molar refractivity (Wildman–Crippen MR) is 111 cm³/mol. The van der Waals surface area contributed by atoms with Crippen molar-refractivity contribution in [2.24, 2.45) is 5.92 Å². The van der Waals surface area contributed by atoms with Gasteiger partial charge in [-0.15, -0.1) is 0 Å². The lowest BCUT2D eigenvalue weighted by Gasteiger charge is -2.17. The Morgan fingerprint density at radius 2 is 1.93 bits per heavy atom. The molecule has 144 valence electrons. The van der Waals surface area contributed by atoms with Gasteiger partial charge < -0.3 is 9.84 Å². The van der Waals surface area contributed by atoms with Crippen molar-refractivity contribution >= 4 is 23.6 Å². The lowest BCUT2D eigenvalue weighted by atomic mass is 10.0. The van der Waals surface area contributed by atoms with Crippen LogP contribution in [0.15, 0.2) is 59.1 Å². The van der Waals surface area contributed by atoms with Gasteiger partial charge >= 0.3 is 0 Å². The third-order valence-corrected chi connectivity index (χ3v) is 4.74. The minimum Gasteiger partial charge on any atom is -0.340 e. The first-order chi connectivity index (χ1) is 13.4. The highest BCUT2D eigenvalue weighted by atomic mass is 35.5. The van der Waals surface area contributed by atoms with E-state index in [1.807, 2.05) is 63.2 Å². The van der Waals surface area contributed by atoms with Gasteiger partial charge in [-0.25, -0.2) is 0 Å². The maximum atomic E-state index is 12.4. The summed E-state index contributed by atoms with van der Waals surface area (Å²) in [5.41, 5.74) is 2.70. The Kier molecular flexibility index (Phi) is 6.26. The van der Waals surface area contributed by atoms with E-state index in [0.29, 0.717) is 16.7 Å². The number of carbonyl (C=O) groups is 1. The molecule has 0 aliphatic rings. The molecule has 3 rings (SSSR count). The minimum absolute atomic E-state index is 0.0731. The van der Waals surface area contributed by atoms with Crippen LogP contribution in [-0.2, 0) is 4.79 Å². The van der Waals surface area contributed by atoms with Gasteiger partial charge in [-0.2, -0.15) is 4.98 Å². The molecule has 2 aromatic carbocycles. The fourth-order valence-corrected chi connectivity index (χ4v) is 2.84. The number of nitrogens with zero attached hydrogens (tertiary/aromatic N) is 2. The molecule has 28 heavy (non-hydrogen) atoms. The molecule has 5 nitrogen and oxygen atoms in total. The molecule has 0 aliphatic carbocycles. The van der Waals surface area contributed by atoms with Crippen LogP contribution in [0.1, 0.15) is 36.9 Å². The van der Waals surface area contributed by atoms with E-state index in [4.69, 9.17) is 16.1 Å². The number of hydrogen-bond acceptors (Lipinski definition) is 4. The molecule has 1 atom stereocenters. The second-order valence-corrected chi connectivity index (χ2v) is 7.30. The first-order valence-electron chi connectivity index (χ1n) is 9.08. The maximum absolute atomic E-state index is 12.4. The van der Waals surface area contributed by atoms with Gasteiger partial charge in [0.05, 0.1) is 0 Å². The highest BCUT2D eigenvalue weighted by Gasteiger charge is 2.24. The van der Waals surface area contributed by atoms with Gasteiger partial charge in [0.15, 0.2) is 0 Å². The largest absolute Gasteiger partial charge is 0.340 e. The molecule has 0 unspecified atom stereocenters. The monoisotopic (exact) mass is 395 g/mol. The molecule has 0 fully saturated rings. The van der Waals surface area contributed by atoms with E-state index in [9.17, 15) is 4.79 Å². The number of rotatable bonds is 6. The zero-order chi connectivity index (χ0) is 20.1. The number of carbonyl (C=O) groups excluding carboxylic acids is 1. The van der Waals surface area contributed by atoms with Crippen LogP contribution in [0.5, 0.6) is 0 Å². The quantitative estimate of drug-likeness (QED) is 0.580. The van der Waals surface area contributed by atoms with Crippen LogP contribution < -0.4 is 5.32 Å². The van der Waals surface area contributed by atoms with E-state index < -0.39 is 6.04 Å². The topological polar surface area (TPSA) is 68.0 Å². The molecule has 1 amide bonds. The van der Waals surface area contributed by atoms with Crippen molar-refractivity contribution in [2.45, 2.75) is 26.8 Å². The van der Waals surface area contributed by atoms with Crippen LogP contribution in [0, 0.1) is 12.8 Å². The molecule has 0 saturated carbocycles. The van der Waals surface area contributed by atoms with Gasteiger partial charge in [0.25, 0.3) is 0 Å². The summed E-state index contributed by atoms with van der Waals surface area (Å²) >= 11 is 6.19. The van der Waals surface area contributed by atoms with Gasteiger partial charge in [-0.05, 0) is 36.1 Å². The standard InChI is InChI=1S/C22H22ClN3O2/c1-14(2)20(24-19(27)12-10-16-7-5-4-6-8-16)22-25-21(26-28-22)17-11-9-15(3)18(23)13-17/h4-14,20H,1-3H3,(H,24,27)/b12-10+/t20-/m1/s1. The van der Waals surface area contributed by atoms with Crippen LogP contribution in [0.25, 0.3) is 17.5 Å². The zero-order valence-electron chi connectivity index (χ0n) is 16.0. The third-order valence-electron chi connectivity index (χ3n) is 4.33. The minimum atomic E-state index is -0.393. The van der Waals surface area contributed by atoms with Crippen molar-refractivity contribution in [3.8, 4) is 11.4 Å². The molecule has 0 bridgehead atoms. The number of hydrogen-bond donors (Lipinski definition) is 1. The number of amides is 1. The number of nitrogens with one attached hydrogen (secondary N) is 1. The van der Waals surface area contributed by atoms with Gasteiger partial charge in [0.2, 0.25) is 17.6 Å². The van der Waals surface area contributed by atoms with Crippen LogP contribution in [0.3, 0.4) is 0 Å². The molecule has 0 saturated heterocycles. The Morgan fingerprint density at radius 3 is 2.61 bits per heavy atom. The van der Waals surface area contributed by atoms with Crippen molar-refractivity contribution in [1.29, 1.82) is 0 Å². The summed E-state index contributed by atoms with van der Waals surface area (Å²) in [5.74, 6) is 0.657. The Bertz CT molecular complexity index is 980. The summed E-state index contributed by atoms with van der Waals surface area (Å²) in [6.07, 6.45) is 3.27. The summed E-state index contributed by atoms with van der Waals surface area (Å²) in [6.45, 7) is 5.90. The van der Waals surface area contributed by atoms with Crippen molar-refractivity contribution in [3.63, 3.8) is 0 Å². The molecule has 0 spiro atoms. The van der Waals surface area contributed by atoms with Crippen LogP contribution in [-0.4, -0.2) is 16.0 Å². The molecule has 1 heterocycles. The maximum Gasteiger partial charge on any atom is 0.249 e. The predicted octanol–water partition coefficient (Wildman–Crippen LogP) is 5.23.